The van der Waals surface area contributed by atoms with Crippen LogP contribution >= 0.6 is 0 Å². The van der Waals surface area contributed by atoms with Crippen molar-refractivity contribution in [3.8, 4) is 0 Å². The van der Waals surface area contributed by atoms with Crippen molar-refractivity contribution in [2.24, 2.45) is 0 Å². The van der Waals surface area contributed by atoms with Crippen LogP contribution in [0.25, 0.3) is 0 Å². The predicted octanol–water partition coefficient (Wildman–Crippen LogP) is 2.58. The lowest BCUT2D eigenvalue weighted by Gasteiger charge is -2.26. The second kappa shape index (κ2) is 9.38. The third-order valence-corrected chi connectivity index (χ3v) is 8.47. The highest BCUT2D eigenvalue weighted by atomic mass is 32.2. The zero-order valence-electron chi connectivity index (χ0n) is 20.0. The maximum atomic E-state index is 13.6. The first kappa shape index (κ1) is 24.5. The standard InChI is InChI=1S/C27H23N3O6S/c1-18-10-12-19(13-11-18)37(35,36)28(14-16-29-24(31)20-6-2-3-7-21(20)25(29)32)15-17-30-26(33)22-8-4-5-9-23(22)27(30)34/h2-13H,14-17H2,1H3. The number of fused-ring (bicyclic) bond motifs is 2. The molecule has 37 heavy (non-hydrogen) atoms. The van der Waals surface area contributed by atoms with E-state index in [9.17, 15) is 27.6 Å². The number of carbonyl (C=O) groups is 4. The fourth-order valence-corrected chi connectivity index (χ4v) is 5.94. The fourth-order valence-electron chi connectivity index (χ4n) is 4.52. The van der Waals surface area contributed by atoms with Gasteiger partial charge in [-0.25, -0.2) is 8.42 Å². The predicted molar refractivity (Wildman–Crippen MR) is 134 cm³/mol. The Bertz CT molecular complexity index is 1400. The molecule has 5 rings (SSSR count). The van der Waals surface area contributed by atoms with Gasteiger partial charge in [-0.2, -0.15) is 4.31 Å². The second-order valence-electron chi connectivity index (χ2n) is 8.83. The van der Waals surface area contributed by atoms with Gasteiger partial charge in [-0.15, -0.1) is 0 Å². The monoisotopic (exact) mass is 517 g/mol. The topological polar surface area (TPSA) is 112 Å². The highest BCUT2D eigenvalue weighted by molar-refractivity contribution is 7.89. The fraction of sp³-hybridized carbons (Fsp3) is 0.185. The summed E-state index contributed by atoms with van der Waals surface area (Å²) >= 11 is 0. The molecule has 9 nitrogen and oxygen atoms in total. The highest BCUT2D eigenvalue weighted by Crippen LogP contribution is 2.25. The number of imide groups is 2. The van der Waals surface area contributed by atoms with E-state index in [1.165, 1.54) is 12.1 Å². The molecule has 3 aromatic carbocycles. The van der Waals surface area contributed by atoms with E-state index in [4.69, 9.17) is 0 Å². The van der Waals surface area contributed by atoms with E-state index in [1.807, 2.05) is 6.92 Å². The van der Waals surface area contributed by atoms with Crippen LogP contribution < -0.4 is 0 Å². The van der Waals surface area contributed by atoms with Crippen molar-refractivity contribution in [1.82, 2.24) is 14.1 Å². The molecule has 0 atom stereocenters. The maximum absolute atomic E-state index is 13.6. The van der Waals surface area contributed by atoms with Gasteiger partial charge in [0.25, 0.3) is 23.6 Å². The summed E-state index contributed by atoms with van der Waals surface area (Å²) in [6.45, 7) is 1.06. The van der Waals surface area contributed by atoms with Crippen LogP contribution in [0.15, 0.2) is 77.7 Å². The molecule has 3 aromatic rings. The molecule has 0 radical (unpaired) electrons. The van der Waals surface area contributed by atoms with Gasteiger partial charge in [0.1, 0.15) is 0 Å². The summed E-state index contributed by atoms with van der Waals surface area (Å²) in [6.07, 6.45) is 0. The molecule has 0 spiro atoms. The molecule has 0 unspecified atom stereocenters. The first-order valence-electron chi connectivity index (χ1n) is 11.7. The maximum Gasteiger partial charge on any atom is 0.261 e. The molecular formula is C27H23N3O6S. The lowest BCUT2D eigenvalue weighted by molar-refractivity contribution is 0.0644. The van der Waals surface area contributed by atoms with Gasteiger partial charge in [0, 0.05) is 26.2 Å². The van der Waals surface area contributed by atoms with Gasteiger partial charge in [0.15, 0.2) is 0 Å². The van der Waals surface area contributed by atoms with E-state index in [0.29, 0.717) is 0 Å². The molecule has 0 saturated carbocycles. The van der Waals surface area contributed by atoms with Crippen LogP contribution in [0.2, 0.25) is 0 Å². The Kier molecular flexibility index (Phi) is 6.22. The van der Waals surface area contributed by atoms with Gasteiger partial charge >= 0.3 is 0 Å². The van der Waals surface area contributed by atoms with E-state index in [0.717, 1.165) is 19.7 Å². The number of sulfonamides is 1. The Morgan fingerprint density at radius 2 is 0.946 bits per heavy atom. The average Bonchev–Trinajstić information content (AvgIpc) is 3.29. The van der Waals surface area contributed by atoms with Gasteiger partial charge in [-0.1, -0.05) is 42.0 Å². The molecule has 2 aliphatic heterocycles. The Labute approximate surface area is 214 Å². The van der Waals surface area contributed by atoms with Crippen molar-refractivity contribution >= 4 is 33.7 Å². The van der Waals surface area contributed by atoms with Crippen molar-refractivity contribution in [3.63, 3.8) is 0 Å². The summed E-state index contributed by atoms with van der Waals surface area (Å²) in [5.41, 5.74) is 1.96. The van der Waals surface area contributed by atoms with E-state index in [1.54, 1.807) is 60.7 Å². The van der Waals surface area contributed by atoms with Crippen LogP contribution in [0.5, 0.6) is 0 Å². The van der Waals surface area contributed by atoms with Gasteiger partial charge in [-0.05, 0) is 43.3 Å². The molecule has 2 aliphatic rings. The van der Waals surface area contributed by atoms with Crippen LogP contribution in [0, 0.1) is 6.92 Å². The molecule has 0 aromatic heterocycles. The Balaban J connectivity index is 1.39. The summed E-state index contributed by atoms with van der Waals surface area (Å²) < 4.78 is 28.2. The number of carbonyl (C=O) groups excluding carboxylic acids is 4. The lowest BCUT2D eigenvalue weighted by atomic mass is 10.1. The Morgan fingerprint density at radius 3 is 1.30 bits per heavy atom. The van der Waals surface area contributed by atoms with Crippen molar-refractivity contribution in [1.29, 1.82) is 0 Å². The van der Waals surface area contributed by atoms with Crippen molar-refractivity contribution in [2.75, 3.05) is 26.2 Å². The average molecular weight is 518 g/mol. The molecule has 4 amide bonds. The van der Waals surface area contributed by atoms with Gasteiger partial charge in [0.05, 0.1) is 27.1 Å². The third-order valence-electron chi connectivity index (χ3n) is 6.56. The minimum atomic E-state index is -4.07. The number of amides is 4. The molecule has 0 fully saturated rings. The number of rotatable bonds is 8. The van der Waals surface area contributed by atoms with Gasteiger partial charge in [-0.3, -0.25) is 29.0 Å². The molecule has 0 saturated heterocycles. The van der Waals surface area contributed by atoms with Gasteiger partial charge in [0.2, 0.25) is 10.0 Å². The van der Waals surface area contributed by atoms with E-state index in [-0.39, 0.29) is 53.3 Å². The second-order valence-corrected chi connectivity index (χ2v) is 10.8. The number of hydrogen-bond donors (Lipinski definition) is 0. The van der Waals surface area contributed by atoms with E-state index < -0.39 is 33.7 Å². The number of aryl methyl sites for hydroxylation is 1. The number of hydrogen-bond acceptors (Lipinski definition) is 6. The van der Waals surface area contributed by atoms with Crippen LogP contribution in [0.1, 0.15) is 47.0 Å². The van der Waals surface area contributed by atoms with Crippen LogP contribution in [0.4, 0.5) is 0 Å². The molecule has 2 heterocycles. The SMILES string of the molecule is Cc1ccc(S(=O)(=O)N(CCN2C(=O)c3ccccc3C2=O)CCN2C(=O)c3ccccc3C2=O)cc1. The van der Waals surface area contributed by atoms with Crippen molar-refractivity contribution in [3.05, 3.63) is 101 Å². The lowest BCUT2D eigenvalue weighted by Crippen LogP contribution is -2.45. The van der Waals surface area contributed by atoms with Crippen LogP contribution in [-0.2, 0) is 10.0 Å². The highest BCUT2D eigenvalue weighted by Gasteiger charge is 2.38. The smallest absolute Gasteiger partial charge is 0.261 e. The normalized spacial score (nSPS) is 15.1. The zero-order valence-corrected chi connectivity index (χ0v) is 20.8. The van der Waals surface area contributed by atoms with E-state index in [2.05, 4.69) is 0 Å². The zero-order chi connectivity index (χ0) is 26.3. The Hall–Kier alpha value is -4.15. The molecule has 0 bridgehead atoms. The van der Waals surface area contributed by atoms with Crippen molar-refractivity contribution < 1.29 is 27.6 Å². The summed E-state index contributed by atoms with van der Waals surface area (Å²) in [5.74, 6) is -1.97. The summed E-state index contributed by atoms with van der Waals surface area (Å²) in [7, 11) is -4.07. The minimum Gasteiger partial charge on any atom is -0.273 e. The number of benzene rings is 3. The van der Waals surface area contributed by atoms with E-state index >= 15 is 0 Å². The minimum absolute atomic E-state index is 0.0304. The Morgan fingerprint density at radius 1 is 0.595 bits per heavy atom. The summed E-state index contributed by atoms with van der Waals surface area (Å²) in [6, 6.07) is 19.1. The van der Waals surface area contributed by atoms with Crippen molar-refractivity contribution in [2.45, 2.75) is 11.8 Å². The molecule has 10 heteroatoms. The van der Waals surface area contributed by atoms with Crippen LogP contribution in [0.3, 0.4) is 0 Å². The largest absolute Gasteiger partial charge is 0.273 e. The first-order chi connectivity index (χ1) is 17.7. The third kappa shape index (κ3) is 4.24. The summed E-state index contributed by atoms with van der Waals surface area (Å²) in [5, 5.41) is 0. The molecule has 0 N–H and O–H groups in total. The summed E-state index contributed by atoms with van der Waals surface area (Å²) in [4.78, 5) is 53.2. The first-order valence-corrected chi connectivity index (χ1v) is 13.1. The molecular weight excluding hydrogens is 494 g/mol. The van der Waals surface area contributed by atoms with Gasteiger partial charge < -0.3 is 0 Å². The number of nitrogens with zero attached hydrogens (tertiary/aromatic N) is 3. The molecule has 188 valence electrons. The quantitative estimate of drug-likeness (QED) is 0.425. The molecule has 0 aliphatic carbocycles. The van der Waals surface area contributed by atoms with Crippen LogP contribution in [-0.4, -0.2) is 72.3 Å².